The molecule has 1 spiro atoms. The first kappa shape index (κ1) is 26.7. The van der Waals surface area contributed by atoms with Crippen molar-refractivity contribution in [3.8, 4) is 22.3 Å². The standard InChI is InChI=1S/C47H29NO/c1-2-12-31-27-32(22-21-30(31)11-1)48(33-24-26-46-40(28-33)39-16-6-10-20-45(39)49-46)34-23-25-38-37-15-5-9-19-43(37)47(44(38)29-34)41-17-7-3-13-35(41)36-14-4-8-18-42(36)47/h1-29H. The second-order valence-corrected chi connectivity index (χ2v) is 13.3. The van der Waals surface area contributed by atoms with Crippen LogP contribution in [-0.4, -0.2) is 0 Å². The molecule has 1 heterocycles. The van der Waals surface area contributed by atoms with E-state index in [1.54, 1.807) is 0 Å². The van der Waals surface area contributed by atoms with Gasteiger partial charge in [-0.25, -0.2) is 0 Å². The fourth-order valence-corrected chi connectivity index (χ4v) is 8.84. The largest absolute Gasteiger partial charge is 0.456 e. The lowest BCUT2D eigenvalue weighted by atomic mass is 9.70. The lowest BCUT2D eigenvalue weighted by Crippen LogP contribution is -2.26. The number of hydrogen-bond acceptors (Lipinski definition) is 2. The van der Waals surface area contributed by atoms with Gasteiger partial charge in [-0.05, 0) is 104 Å². The predicted octanol–water partition coefficient (Wildman–Crippen LogP) is 12.6. The normalized spacial score (nSPS) is 13.5. The van der Waals surface area contributed by atoms with Crippen molar-refractivity contribution in [3.05, 3.63) is 198 Å². The van der Waals surface area contributed by atoms with Gasteiger partial charge in [-0.3, -0.25) is 0 Å². The maximum atomic E-state index is 6.26. The van der Waals surface area contributed by atoms with E-state index in [9.17, 15) is 0 Å². The Morgan fingerprint density at radius 1 is 0.347 bits per heavy atom. The van der Waals surface area contributed by atoms with Crippen LogP contribution in [0.3, 0.4) is 0 Å². The average Bonchev–Trinajstić information content (AvgIpc) is 3.79. The molecule has 0 radical (unpaired) electrons. The molecule has 9 aromatic rings. The molecule has 0 bridgehead atoms. The zero-order valence-electron chi connectivity index (χ0n) is 26.6. The summed E-state index contributed by atoms with van der Waals surface area (Å²) >= 11 is 0. The SMILES string of the molecule is c1ccc2c(c1)-c1ccccc1C21c2ccccc2-c2ccc(N(c3ccc4ccccc4c3)c3ccc4oc5ccccc5c4c3)cc21. The summed E-state index contributed by atoms with van der Waals surface area (Å²) < 4.78 is 6.26. The Labute approximate surface area is 284 Å². The number of furan rings is 1. The molecule has 0 aliphatic heterocycles. The molecule has 49 heavy (non-hydrogen) atoms. The molecule has 0 N–H and O–H groups in total. The summed E-state index contributed by atoms with van der Waals surface area (Å²) in [5, 5.41) is 4.68. The van der Waals surface area contributed by atoms with Crippen molar-refractivity contribution >= 4 is 49.8 Å². The highest BCUT2D eigenvalue weighted by atomic mass is 16.3. The predicted molar refractivity (Wildman–Crippen MR) is 202 cm³/mol. The first-order chi connectivity index (χ1) is 24.3. The third-order valence-electron chi connectivity index (χ3n) is 10.8. The zero-order valence-corrected chi connectivity index (χ0v) is 26.6. The van der Waals surface area contributed by atoms with Crippen LogP contribution >= 0.6 is 0 Å². The maximum absolute atomic E-state index is 6.26. The maximum Gasteiger partial charge on any atom is 0.135 e. The number of hydrogen-bond donors (Lipinski definition) is 0. The Morgan fingerprint density at radius 3 is 1.59 bits per heavy atom. The van der Waals surface area contributed by atoms with Crippen LogP contribution < -0.4 is 4.90 Å². The number of rotatable bonds is 3. The Morgan fingerprint density at radius 2 is 0.857 bits per heavy atom. The minimum Gasteiger partial charge on any atom is -0.456 e. The molecule has 0 atom stereocenters. The van der Waals surface area contributed by atoms with E-state index in [0.717, 1.165) is 39.0 Å². The molecule has 228 valence electrons. The second kappa shape index (κ2) is 9.82. The van der Waals surface area contributed by atoms with Crippen molar-refractivity contribution in [1.29, 1.82) is 0 Å². The Hall–Kier alpha value is -6.38. The van der Waals surface area contributed by atoms with E-state index in [-0.39, 0.29) is 0 Å². The monoisotopic (exact) mass is 623 g/mol. The summed E-state index contributed by atoms with van der Waals surface area (Å²) in [6.45, 7) is 0. The molecule has 2 nitrogen and oxygen atoms in total. The summed E-state index contributed by atoms with van der Waals surface area (Å²) in [4.78, 5) is 2.41. The highest BCUT2D eigenvalue weighted by Gasteiger charge is 2.51. The molecule has 0 saturated heterocycles. The van der Waals surface area contributed by atoms with Crippen molar-refractivity contribution in [2.45, 2.75) is 5.41 Å². The molecule has 1 aromatic heterocycles. The molecule has 0 amide bonds. The van der Waals surface area contributed by atoms with E-state index in [2.05, 4.69) is 169 Å². The quantitative estimate of drug-likeness (QED) is 0.195. The lowest BCUT2D eigenvalue weighted by molar-refractivity contribution is 0.669. The van der Waals surface area contributed by atoms with Gasteiger partial charge in [0.2, 0.25) is 0 Å². The Bertz CT molecular complexity index is 2740. The van der Waals surface area contributed by atoms with Gasteiger partial charge in [0.15, 0.2) is 0 Å². The van der Waals surface area contributed by atoms with E-state index in [1.807, 2.05) is 12.1 Å². The van der Waals surface area contributed by atoms with E-state index in [1.165, 1.54) is 55.3 Å². The zero-order chi connectivity index (χ0) is 32.1. The summed E-state index contributed by atoms with van der Waals surface area (Å²) in [7, 11) is 0. The van der Waals surface area contributed by atoms with Gasteiger partial charge >= 0.3 is 0 Å². The fraction of sp³-hybridized carbons (Fsp3) is 0.0213. The molecule has 8 aromatic carbocycles. The number of anilines is 3. The van der Waals surface area contributed by atoms with Crippen LogP contribution in [0.1, 0.15) is 22.3 Å². The Balaban J connectivity index is 1.21. The van der Waals surface area contributed by atoms with E-state index >= 15 is 0 Å². The number of para-hydroxylation sites is 1. The van der Waals surface area contributed by atoms with Gasteiger partial charge < -0.3 is 9.32 Å². The van der Waals surface area contributed by atoms with Crippen LogP contribution in [0.15, 0.2) is 180 Å². The highest BCUT2D eigenvalue weighted by Crippen LogP contribution is 2.63. The second-order valence-electron chi connectivity index (χ2n) is 13.3. The van der Waals surface area contributed by atoms with Crippen LogP contribution in [-0.2, 0) is 5.41 Å². The summed E-state index contributed by atoms with van der Waals surface area (Å²) in [5.41, 5.74) is 15.3. The minimum atomic E-state index is -0.408. The minimum absolute atomic E-state index is 0.408. The molecular formula is C47H29NO. The van der Waals surface area contributed by atoms with Crippen molar-refractivity contribution in [2.75, 3.05) is 4.90 Å². The van der Waals surface area contributed by atoms with Gasteiger partial charge in [0.05, 0.1) is 5.41 Å². The third kappa shape index (κ3) is 3.55. The fourth-order valence-electron chi connectivity index (χ4n) is 8.84. The first-order valence-corrected chi connectivity index (χ1v) is 16.9. The molecule has 2 aliphatic rings. The van der Waals surface area contributed by atoms with Crippen molar-refractivity contribution < 1.29 is 4.42 Å². The number of nitrogens with zero attached hydrogens (tertiary/aromatic N) is 1. The van der Waals surface area contributed by atoms with Crippen LogP contribution in [0.5, 0.6) is 0 Å². The molecule has 11 rings (SSSR count). The van der Waals surface area contributed by atoms with E-state index in [4.69, 9.17) is 4.42 Å². The summed E-state index contributed by atoms with van der Waals surface area (Å²) in [5.74, 6) is 0. The topological polar surface area (TPSA) is 16.4 Å². The van der Waals surface area contributed by atoms with Gasteiger partial charge in [-0.15, -0.1) is 0 Å². The van der Waals surface area contributed by atoms with Crippen molar-refractivity contribution in [2.24, 2.45) is 0 Å². The highest BCUT2D eigenvalue weighted by molar-refractivity contribution is 6.07. The van der Waals surface area contributed by atoms with Gasteiger partial charge in [0.25, 0.3) is 0 Å². The summed E-state index contributed by atoms with van der Waals surface area (Å²) in [6.07, 6.45) is 0. The first-order valence-electron chi connectivity index (χ1n) is 16.9. The molecule has 0 unspecified atom stereocenters. The van der Waals surface area contributed by atoms with Gasteiger partial charge in [0, 0.05) is 27.8 Å². The van der Waals surface area contributed by atoms with Crippen molar-refractivity contribution in [1.82, 2.24) is 0 Å². The van der Waals surface area contributed by atoms with Crippen LogP contribution in [0.25, 0.3) is 55.0 Å². The molecule has 0 saturated carbocycles. The number of benzene rings is 8. The van der Waals surface area contributed by atoms with Gasteiger partial charge in [-0.2, -0.15) is 0 Å². The van der Waals surface area contributed by atoms with E-state index < -0.39 is 5.41 Å². The molecule has 2 heteroatoms. The van der Waals surface area contributed by atoms with Gasteiger partial charge in [0.1, 0.15) is 11.2 Å². The molecule has 0 fully saturated rings. The van der Waals surface area contributed by atoms with Gasteiger partial charge in [-0.1, -0.05) is 127 Å². The molecule has 2 aliphatic carbocycles. The number of fused-ring (bicyclic) bond motifs is 14. The molecular weight excluding hydrogens is 595 g/mol. The van der Waals surface area contributed by atoms with Crippen LogP contribution in [0.2, 0.25) is 0 Å². The third-order valence-corrected chi connectivity index (χ3v) is 10.8. The van der Waals surface area contributed by atoms with Crippen LogP contribution in [0, 0.1) is 0 Å². The van der Waals surface area contributed by atoms with E-state index in [0.29, 0.717) is 0 Å². The lowest BCUT2D eigenvalue weighted by Gasteiger charge is -2.32. The smallest absolute Gasteiger partial charge is 0.135 e. The Kier molecular flexibility index (Phi) is 5.34. The van der Waals surface area contributed by atoms with Crippen molar-refractivity contribution in [3.63, 3.8) is 0 Å². The average molecular weight is 624 g/mol. The summed E-state index contributed by atoms with van der Waals surface area (Å²) in [6, 6.07) is 64.4. The van der Waals surface area contributed by atoms with Crippen LogP contribution in [0.4, 0.5) is 17.1 Å².